The van der Waals surface area contributed by atoms with E-state index in [0.29, 0.717) is 12.1 Å². The van der Waals surface area contributed by atoms with E-state index in [1.807, 2.05) is 0 Å². The molecule has 2 nitrogen and oxygen atoms in total. The fourth-order valence-corrected chi connectivity index (χ4v) is 2.74. The zero-order valence-electron chi connectivity index (χ0n) is 10.9. The molecule has 15 heavy (non-hydrogen) atoms. The van der Waals surface area contributed by atoms with Gasteiger partial charge in [-0.05, 0) is 45.6 Å². The van der Waals surface area contributed by atoms with Crippen molar-refractivity contribution in [3.05, 3.63) is 0 Å². The van der Waals surface area contributed by atoms with Crippen LogP contribution in [0.5, 0.6) is 0 Å². The maximum Gasteiger partial charge on any atom is 0.0246 e. The number of hydrogen-bond acceptors (Lipinski definition) is 2. The van der Waals surface area contributed by atoms with Gasteiger partial charge in [0.05, 0.1) is 0 Å². The summed E-state index contributed by atoms with van der Waals surface area (Å²) in [7, 11) is 2.22. The van der Waals surface area contributed by atoms with Crippen LogP contribution in [-0.2, 0) is 0 Å². The van der Waals surface area contributed by atoms with Crippen LogP contribution in [0.1, 0.15) is 46.5 Å². The Morgan fingerprint density at radius 2 is 1.73 bits per heavy atom. The molecule has 0 spiro atoms. The molecule has 2 N–H and O–H groups in total. The lowest BCUT2D eigenvalue weighted by Gasteiger charge is -2.39. The summed E-state index contributed by atoms with van der Waals surface area (Å²) in [6, 6.07) is 1.20. The first-order valence-corrected chi connectivity index (χ1v) is 6.48. The van der Waals surface area contributed by atoms with Crippen molar-refractivity contribution < 1.29 is 0 Å². The lowest BCUT2D eigenvalue weighted by atomic mass is 9.78. The van der Waals surface area contributed by atoms with E-state index in [4.69, 9.17) is 5.73 Å². The molecule has 0 amide bonds. The van der Waals surface area contributed by atoms with Crippen molar-refractivity contribution in [2.24, 2.45) is 17.6 Å². The van der Waals surface area contributed by atoms with E-state index in [1.54, 1.807) is 0 Å². The van der Waals surface area contributed by atoms with Crippen molar-refractivity contribution in [2.45, 2.75) is 58.5 Å². The second kappa shape index (κ2) is 5.86. The van der Waals surface area contributed by atoms with Crippen molar-refractivity contribution in [1.82, 2.24) is 4.90 Å². The Balaban J connectivity index is 2.51. The van der Waals surface area contributed by atoms with E-state index < -0.39 is 0 Å². The molecular weight excluding hydrogens is 184 g/mol. The molecule has 1 saturated carbocycles. The Kier molecular flexibility index (Phi) is 5.07. The number of nitrogens with two attached hydrogens (primary N) is 1. The Labute approximate surface area is 95.2 Å². The summed E-state index contributed by atoms with van der Waals surface area (Å²) in [5.41, 5.74) is 5.94. The molecule has 2 heteroatoms. The largest absolute Gasteiger partial charge is 0.329 e. The Bertz CT molecular complexity index is 171. The lowest BCUT2D eigenvalue weighted by Crippen LogP contribution is -2.47. The van der Waals surface area contributed by atoms with Crippen LogP contribution < -0.4 is 5.73 Å². The average molecular weight is 212 g/mol. The van der Waals surface area contributed by atoms with Gasteiger partial charge >= 0.3 is 0 Å². The highest BCUT2D eigenvalue weighted by molar-refractivity contribution is 4.83. The molecule has 1 fully saturated rings. The van der Waals surface area contributed by atoms with Gasteiger partial charge in [-0.1, -0.05) is 19.8 Å². The van der Waals surface area contributed by atoms with E-state index in [1.165, 1.54) is 25.7 Å². The molecule has 1 rings (SSSR count). The molecule has 0 bridgehead atoms. The second-order valence-electron chi connectivity index (χ2n) is 5.58. The highest BCUT2D eigenvalue weighted by atomic mass is 15.2. The number of nitrogens with zero attached hydrogens (tertiary/aromatic N) is 1. The second-order valence-corrected chi connectivity index (χ2v) is 5.58. The monoisotopic (exact) mass is 212 g/mol. The molecule has 1 unspecified atom stereocenters. The Morgan fingerprint density at radius 3 is 2.13 bits per heavy atom. The molecule has 1 aliphatic carbocycles. The third-order valence-corrected chi connectivity index (χ3v) is 4.18. The Hall–Kier alpha value is -0.0800. The first kappa shape index (κ1) is 13.0. The first-order chi connectivity index (χ1) is 7.06. The lowest BCUT2D eigenvalue weighted by molar-refractivity contribution is 0.111. The van der Waals surface area contributed by atoms with E-state index in [2.05, 4.69) is 32.7 Å². The number of rotatable bonds is 4. The zero-order chi connectivity index (χ0) is 11.4. The third kappa shape index (κ3) is 3.46. The first-order valence-electron chi connectivity index (χ1n) is 6.48. The molecule has 90 valence electrons. The van der Waals surface area contributed by atoms with Crippen molar-refractivity contribution in [3.8, 4) is 0 Å². The predicted molar refractivity (Wildman–Crippen MR) is 66.9 cm³/mol. The number of likely N-dealkylation sites (N-methyl/N-ethyl adjacent to an activating group) is 1. The van der Waals surface area contributed by atoms with Crippen LogP contribution in [-0.4, -0.2) is 30.6 Å². The van der Waals surface area contributed by atoms with E-state index in [9.17, 15) is 0 Å². The summed E-state index contributed by atoms with van der Waals surface area (Å²) in [6.45, 7) is 7.70. The molecule has 0 aromatic rings. The van der Waals surface area contributed by atoms with Gasteiger partial charge in [-0.2, -0.15) is 0 Å². The average Bonchev–Trinajstić information content (AvgIpc) is 2.21. The molecular formula is C13H28N2. The maximum absolute atomic E-state index is 5.94. The van der Waals surface area contributed by atoms with Crippen molar-refractivity contribution in [2.75, 3.05) is 13.6 Å². The van der Waals surface area contributed by atoms with Crippen LogP contribution in [0.4, 0.5) is 0 Å². The summed E-state index contributed by atoms with van der Waals surface area (Å²) >= 11 is 0. The summed E-state index contributed by atoms with van der Waals surface area (Å²) in [6.07, 6.45) is 5.54. The van der Waals surface area contributed by atoms with Gasteiger partial charge < -0.3 is 5.73 Å². The summed E-state index contributed by atoms with van der Waals surface area (Å²) in [5, 5.41) is 0. The number of hydrogen-bond donors (Lipinski definition) is 1. The molecule has 0 heterocycles. The highest BCUT2D eigenvalue weighted by Gasteiger charge is 2.28. The van der Waals surface area contributed by atoms with Crippen LogP contribution in [0.3, 0.4) is 0 Å². The van der Waals surface area contributed by atoms with Crippen molar-refractivity contribution >= 4 is 0 Å². The molecule has 0 radical (unpaired) electrons. The highest BCUT2D eigenvalue weighted by Crippen LogP contribution is 2.32. The van der Waals surface area contributed by atoms with Crippen LogP contribution in [0, 0.1) is 11.8 Å². The molecule has 1 atom stereocenters. The third-order valence-electron chi connectivity index (χ3n) is 4.18. The van der Waals surface area contributed by atoms with Gasteiger partial charge in [-0.15, -0.1) is 0 Å². The molecule has 1 aliphatic rings. The minimum atomic E-state index is 0.595. The zero-order valence-corrected chi connectivity index (χ0v) is 10.9. The van der Waals surface area contributed by atoms with Gasteiger partial charge in [-0.3, -0.25) is 4.90 Å². The predicted octanol–water partition coefficient (Wildman–Crippen LogP) is 2.48. The van der Waals surface area contributed by atoms with Crippen LogP contribution >= 0.6 is 0 Å². The van der Waals surface area contributed by atoms with Gasteiger partial charge in [-0.25, -0.2) is 0 Å². The van der Waals surface area contributed by atoms with Crippen molar-refractivity contribution in [1.29, 1.82) is 0 Å². The Morgan fingerprint density at radius 1 is 1.20 bits per heavy atom. The summed E-state index contributed by atoms with van der Waals surface area (Å²) < 4.78 is 0. The van der Waals surface area contributed by atoms with Gasteiger partial charge in [0.15, 0.2) is 0 Å². The molecule has 0 aliphatic heterocycles. The van der Waals surface area contributed by atoms with E-state index in [0.717, 1.165) is 18.4 Å². The van der Waals surface area contributed by atoms with Gasteiger partial charge in [0, 0.05) is 18.6 Å². The fraction of sp³-hybridized carbons (Fsp3) is 1.00. The van der Waals surface area contributed by atoms with E-state index in [-0.39, 0.29) is 0 Å². The maximum atomic E-state index is 5.94. The smallest absolute Gasteiger partial charge is 0.0246 e. The van der Waals surface area contributed by atoms with Gasteiger partial charge in [0.25, 0.3) is 0 Å². The van der Waals surface area contributed by atoms with Crippen LogP contribution in [0.25, 0.3) is 0 Å². The fourth-order valence-electron chi connectivity index (χ4n) is 2.74. The minimum Gasteiger partial charge on any atom is -0.329 e. The van der Waals surface area contributed by atoms with Crippen molar-refractivity contribution in [3.63, 3.8) is 0 Å². The SMILES string of the molecule is CC1CCC(C(CN)N(C)C(C)C)CC1. The normalized spacial score (nSPS) is 29.8. The summed E-state index contributed by atoms with van der Waals surface area (Å²) in [4.78, 5) is 2.46. The molecule has 0 aromatic heterocycles. The topological polar surface area (TPSA) is 29.3 Å². The minimum absolute atomic E-state index is 0.595. The van der Waals surface area contributed by atoms with Gasteiger partial charge in [0.1, 0.15) is 0 Å². The van der Waals surface area contributed by atoms with Crippen LogP contribution in [0.15, 0.2) is 0 Å². The summed E-state index contributed by atoms with van der Waals surface area (Å²) in [5.74, 6) is 1.77. The van der Waals surface area contributed by atoms with Crippen LogP contribution in [0.2, 0.25) is 0 Å². The van der Waals surface area contributed by atoms with E-state index >= 15 is 0 Å². The van der Waals surface area contributed by atoms with Gasteiger partial charge in [0.2, 0.25) is 0 Å². The molecule has 0 saturated heterocycles. The molecule has 0 aromatic carbocycles. The standard InChI is InChI=1S/C13H28N2/c1-10(2)15(4)13(9-14)12-7-5-11(3)6-8-12/h10-13H,5-9,14H2,1-4H3. The quantitative estimate of drug-likeness (QED) is 0.776.